The second-order valence-electron chi connectivity index (χ2n) is 5.43. The molecule has 0 saturated carbocycles. The lowest BCUT2D eigenvalue weighted by Crippen LogP contribution is -2.20. The summed E-state index contributed by atoms with van der Waals surface area (Å²) in [5.74, 6) is 0.240. The van der Waals surface area contributed by atoms with Crippen LogP contribution in [-0.2, 0) is 4.79 Å². The number of carbonyl (C=O) groups is 2. The van der Waals surface area contributed by atoms with E-state index < -0.39 is 0 Å². The average Bonchev–Trinajstić information content (AvgIpc) is 3.09. The van der Waals surface area contributed by atoms with Crippen LogP contribution in [0.4, 0.5) is 5.13 Å². The first-order valence-corrected chi connectivity index (χ1v) is 8.52. The van der Waals surface area contributed by atoms with Gasteiger partial charge in [-0.05, 0) is 31.2 Å². The van der Waals surface area contributed by atoms with Crippen molar-refractivity contribution < 1.29 is 14.3 Å². The Balaban J connectivity index is 1.56. The van der Waals surface area contributed by atoms with Crippen LogP contribution in [0.2, 0.25) is 0 Å². The van der Waals surface area contributed by atoms with Gasteiger partial charge in [-0.3, -0.25) is 14.9 Å². The third kappa shape index (κ3) is 4.51. The van der Waals surface area contributed by atoms with E-state index in [-0.39, 0.29) is 12.5 Å². The lowest BCUT2D eigenvalue weighted by Gasteiger charge is -2.05. The van der Waals surface area contributed by atoms with Crippen LogP contribution in [-0.4, -0.2) is 23.8 Å². The van der Waals surface area contributed by atoms with Gasteiger partial charge in [-0.15, -0.1) is 11.3 Å². The van der Waals surface area contributed by atoms with Gasteiger partial charge >= 0.3 is 0 Å². The molecule has 0 radical (unpaired) electrons. The smallest absolute Gasteiger partial charge is 0.264 e. The molecular weight excluding hydrogens is 336 g/mol. The van der Waals surface area contributed by atoms with Gasteiger partial charge in [0.05, 0.1) is 5.69 Å². The van der Waals surface area contributed by atoms with Crippen LogP contribution in [0.15, 0.2) is 53.9 Å². The maximum atomic E-state index is 12.0. The summed E-state index contributed by atoms with van der Waals surface area (Å²) in [7, 11) is 0. The van der Waals surface area contributed by atoms with E-state index in [1.165, 1.54) is 16.9 Å². The summed E-state index contributed by atoms with van der Waals surface area (Å²) >= 11 is 1.37. The van der Waals surface area contributed by atoms with Crippen LogP contribution in [0.3, 0.4) is 0 Å². The summed E-state index contributed by atoms with van der Waals surface area (Å²) in [6.07, 6.45) is 0.755. The van der Waals surface area contributed by atoms with E-state index in [0.717, 1.165) is 17.5 Å². The maximum absolute atomic E-state index is 12.0. The van der Waals surface area contributed by atoms with Gasteiger partial charge in [0.15, 0.2) is 11.7 Å². The minimum Gasteiger partial charge on any atom is -0.484 e. The average molecular weight is 352 g/mol. The van der Waals surface area contributed by atoms with Gasteiger partial charge in [-0.2, -0.15) is 0 Å². The Kier molecular flexibility index (Phi) is 5.20. The predicted molar refractivity (Wildman–Crippen MR) is 98.2 cm³/mol. The van der Waals surface area contributed by atoms with Crippen LogP contribution in [0.5, 0.6) is 5.75 Å². The van der Waals surface area contributed by atoms with E-state index in [9.17, 15) is 9.59 Å². The number of aryl methyl sites for hydroxylation is 1. The monoisotopic (exact) mass is 352 g/mol. The molecule has 25 heavy (non-hydrogen) atoms. The molecule has 1 amide bonds. The number of nitrogens with one attached hydrogen (secondary N) is 1. The van der Waals surface area contributed by atoms with Crippen LogP contribution in [0, 0.1) is 6.92 Å². The number of rotatable bonds is 6. The molecule has 5 nitrogen and oxygen atoms in total. The minimum atomic E-state index is -0.288. The normalized spacial score (nSPS) is 10.3. The minimum absolute atomic E-state index is 0.125. The topological polar surface area (TPSA) is 68.3 Å². The molecule has 2 aromatic carbocycles. The molecule has 0 aliphatic rings. The Bertz CT molecular complexity index is 870. The van der Waals surface area contributed by atoms with E-state index in [1.54, 1.807) is 24.3 Å². The number of nitrogens with zero attached hydrogens (tertiary/aromatic N) is 1. The Hall–Kier alpha value is -2.99. The number of aldehydes is 1. The summed E-state index contributed by atoms with van der Waals surface area (Å²) in [6, 6.07) is 14.6. The fourth-order valence-electron chi connectivity index (χ4n) is 2.13. The Labute approximate surface area is 149 Å². The highest BCUT2D eigenvalue weighted by Crippen LogP contribution is 2.25. The summed E-state index contributed by atoms with van der Waals surface area (Å²) in [6.45, 7) is 1.91. The number of amides is 1. The largest absolute Gasteiger partial charge is 0.484 e. The summed E-state index contributed by atoms with van der Waals surface area (Å²) in [5, 5.41) is 5.15. The number of carbonyl (C=O) groups excluding carboxylic acids is 2. The zero-order valence-corrected chi connectivity index (χ0v) is 14.4. The SMILES string of the molecule is Cc1ccc(-c2csc(NC(=O)COc3ccc(C=O)cc3)n2)cc1. The highest BCUT2D eigenvalue weighted by molar-refractivity contribution is 7.14. The molecule has 0 spiro atoms. The molecule has 0 saturated heterocycles. The highest BCUT2D eigenvalue weighted by atomic mass is 32.1. The Morgan fingerprint density at radius 1 is 1.16 bits per heavy atom. The molecule has 126 valence electrons. The number of hydrogen-bond acceptors (Lipinski definition) is 5. The first kappa shape index (κ1) is 16.9. The van der Waals surface area contributed by atoms with Gasteiger partial charge in [0, 0.05) is 16.5 Å². The molecule has 3 aromatic rings. The van der Waals surface area contributed by atoms with E-state index in [2.05, 4.69) is 10.3 Å². The number of aromatic nitrogens is 1. The number of hydrogen-bond donors (Lipinski definition) is 1. The van der Waals surface area contributed by atoms with Crippen molar-refractivity contribution >= 4 is 28.7 Å². The van der Waals surface area contributed by atoms with Crippen molar-refractivity contribution in [3.8, 4) is 17.0 Å². The van der Waals surface area contributed by atoms with Crippen molar-refractivity contribution in [2.75, 3.05) is 11.9 Å². The molecular formula is C19H16N2O3S. The van der Waals surface area contributed by atoms with Gasteiger partial charge in [-0.25, -0.2) is 4.98 Å². The fraction of sp³-hybridized carbons (Fsp3) is 0.105. The van der Waals surface area contributed by atoms with Crippen molar-refractivity contribution in [2.45, 2.75) is 6.92 Å². The Morgan fingerprint density at radius 2 is 1.88 bits per heavy atom. The van der Waals surface area contributed by atoms with Crippen molar-refractivity contribution in [2.24, 2.45) is 0 Å². The van der Waals surface area contributed by atoms with Crippen molar-refractivity contribution in [3.63, 3.8) is 0 Å². The van der Waals surface area contributed by atoms with E-state index in [4.69, 9.17) is 4.74 Å². The van der Waals surface area contributed by atoms with Crippen LogP contribution in [0.25, 0.3) is 11.3 Å². The molecule has 1 heterocycles. The summed E-state index contributed by atoms with van der Waals surface area (Å²) < 4.78 is 5.39. The molecule has 0 atom stereocenters. The first-order valence-electron chi connectivity index (χ1n) is 7.64. The van der Waals surface area contributed by atoms with Crippen molar-refractivity contribution in [1.82, 2.24) is 4.98 Å². The number of benzene rings is 2. The molecule has 0 bridgehead atoms. The van der Waals surface area contributed by atoms with Crippen molar-refractivity contribution in [3.05, 3.63) is 65.0 Å². The third-order valence-corrected chi connectivity index (χ3v) is 4.24. The molecule has 0 aliphatic carbocycles. The van der Waals surface area contributed by atoms with E-state index >= 15 is 0 Å². The van der Waals surface area contributed by atoms with Gasteiger partial charge in [0.25, 0.3) is 5.91 Å². The maximum Gasteiger partial charge on any atom is 0.264 e. The zero-order chi connectivity index (χ0) is 17.6. The third-order valence-electron chi connectivity index (χ3n) is 3.48. The fourth-order valence-corrected chi connectivity index (χ4v) is 2.87. The van der Waals surface area contributed by atoms with E-state index in [1.807, 2.05) is 36.6 Å². The van der Waals surface area contributed by atoms with Crippen LogP contribution >= 0.6 is 11.3 Å². The van der Waals surface area contributed by atoms with Gasteiger partial charge < -0.3 is 4.74 Å². The number of ether oxygens (including phenoxy) is 1. The van der Waals surface area contributed by atoms with Crippen LogP contribution in [0.1, 0.15) is 15.9 Å². The molecule has 3 rings (SSSR count). The predicted octanol–water partition coefficient (Wildman–Crippen LogP) is 3.95. The number of anilines is 1. The van der Waals surface area contributed by atoms with E-state index in [0.29, 0.717) is 16.4 Å². The second-order valence-corrected chi connectivity index (χ2v) is 6.29. The second kappa shape index (κ2) is 7.72. The standard InChI is InChI=1S/C19H16N2O3S/c1-13-2-6-15(7-3-13)17-12-25-19(20-17)21-18(23)11-24-16-8-4-14(10-22)5-9-16/h2-10,12H,11H2,1H3,(H,20,21,23). The van der Waals surface area contributed by atoms with Crippen molar-refractivity contribution in [1.29, 1.82) is 0 Å². The molecule has 0 fully saturated rings. The summed E-state index contributed by atoms with van der Waals surface area (Å²) in [5.41, 5.74) is 3.58. The quantitative estimate of drug-likeness (QED) is 0.682. The Morgan fingerprint density at radius 3 is 2.56 bits per heavy atom. The zero-order valence-electron chi connectivity index (χ0n) is 13.6. The number of thiazole rings is 1. The molecule has 0 aliphatic heterocycles. The van der Waals surface area contributed by atoms with Gasteiger partial charge in [0.1, 0.15) is 12.0 Å². The molecule has 6 heteroatoms. The summed E-state index contributed by atoms with van der Waals surface area (Å²) in [4.78, 5) is 27.0. The molecule has 1 aromatic heterocycles. The highest BCUT2D eigenvalue weighted by Gasteiger charge is 2.09. The first-order chi connectivity index (χ1) is 12.1. The van der Waals surface area contributed by atoms with Gasteiger partial charge in [-0.1, -0.05) is 29.8 Å². The lowest BCUT2D eigenvalue weighted by atomic mass is 10.1. The van der Waals surface area contributed by atoms with Crippen LogP contribution < -0.4 is 10.1 Å². The molecule has 1 N–H and O–H groups in total. The lowest BCUT2D eigenvalue weighted by molar-refractivity contribution is -0.118. The van der Waals surface area contributed by atoms with Gasteiger partial charge in [0.2, 0.25) is 0 Å². The molecule has 0 unspecified atom stereocenters.